The summed E-state index contributed by atoms with van der Waals surface area (Å²) in [6.07, 6.45) is 15.2. The first-order valence-electron chi connectivity index (χ1n) is 13.1. The minimum Gasteiger partial charge on any atom is -0.203 e. The van der Waals surface area contributed by atoms with Crippen LogP contribution in [0.2, 0.25) is 0 Å². The first-order valence-corrected chi connectivity index (χ1v) is 13.1. The van der Waals surface area contributed by atoms with Gasteiger partial charge >= 0.3 is 0 Å². The first-order chi connectivity index (χ1) is 15.5. The fraction of sp³-hybridized carbons (Fsp3) is 0.600. The van der Waals surface area contributed by atoms with Gasteiger partial charge in [0.25, 0.3) is 0 Å². The quantitative estimate of drug-likeness (QED) is 0.305. The molecular weight excluding hydrogens is 398 g/mol. The van der Waals surface area contributed by atoms with Gasteiger partial charge in [-0.3, -0.25) is 0 Å². The van der Waals surface area contributed by atoms with Crippen molar-refractivity contribution in [2.24, 2.45) is 11.8 Å². The Morgan fingerprint density at radius 2 is 1.44 bits per heavy atom. The molecule has 0 spiro atoms. The summed E-state index contributed by atoms with van der Waals surface area (Å²) in [7, 11) is 0. The zero-order valence-electron chi connectivity index (χ0n) is 20.4. The third kappa shape index (κ3) is 6.42. The van der Waals surface area contributed by atoms with Gasteiger partial charge in [-0.25, -0.2) is 8.78 Å². The molecule has 0 nitrogen and oxygen atoms in total. The van der Waals surface area contributed by atoms with E-state index in [1.807, 2.05) is 30.3 Å². The Morgan fingerprint density at radius 1 is 0.781 bits per heavy atom. The lowest BCUT2D eigenvalue weighted by molar-refractivity contribution is 0.233. The van der Waals surface area contributed by atoms with Crippen LogP contribution < -0.4 is 0 Å². The molecule has 0 saturated heterocycles. The van der Waals surface area contributed by atoms with Crippen LogP contribution in [0.5, 0.6) is 0 Å². The molecule has 0 amide bonds. The first kappa shape index (κ1) is 24.9. The lowest BCUT2D eigenvalue weighted by atomic mass is 9.73. The van der Waals surface area contributed by atoms with Crippen LogP contribution in [0.15, 0.2) is 36.4 Å². The van der Waals surface area contributed by atoms with Gasteiger partial charge in [0.1, 0.15) is 0 Å². The Kier molecular flexibility index (Phi) is 9.75. The van der Waals surface area contributed by atoms with Gasteiger partial charge in [-0.15, -0.1) is 0 Å². The average Bonchev–Trinajstić information content (AvgIpc) is 2.83. The molecule has 1 aliphatic carbocycles. The number of benzene rings is 2. The maximum atomic E-state index is 15.1. The van der Waals surface area contributed by atoms with E-state index >= 15 is 4.39 Å². The van der Waals surface area contributed by atoms with Crippen molar-refractivity contribution in [3.8, 4) is 11.1 Å². The molecule has 0 bridgehead atoms. The largest absolute Gasteiger partial charge is 0.203 e. The summed E-state index contributed by atoms with van der Waals surface area (Å²) in [6.45, 7) is 6.44. The fourth-order valence-electron chi connectivity index (χ4n) is 5.50. The van der Waals surface area contributed by atoms with Crippen LogP contribution in [-0.4, -0.2) is 0 Å². The summed E-state index contributed by atoms with van der Waals surface area (Å²) in [6, 6.07) is 11.4. The average molecular weight is 441 g/mol. The molecule has 0 aliphatic heterocycles. The molecule has 1 unspecified atom stereocenters. The van der Waals surface area contributed by atoms with Crippen molar-refractivity contribution in [3.05, 3.63) is 59.2 Å². The molecule has 0 aromatic heterocycles. The molecule has 176 valence electrons. The van der Waals surface area contributed by atoms with E-state index in [4.69, 9.17) is 0 Å². The monoisotopic (exact) mass is 440 g/mol. The van der Waals surface area contributed by atoms with Crippen LogP contribution in [-0.2, 0) is 6.42 Å². The van der Waals surface area contributed by atoms with Crippen molar-refractivity contribution in [2.45, 2.75) is 104 Å². The Labute approximate surface area is 194 Å². The van der Waals surface area contributed by atoms with Crippen LogP contribution in [0.1, 0.15) is 108 Å². The van der Waals surface area contributed by atoms with Gasteiger partial charge in [0, 0.05) is 5.56 Å². The van der Waals surface area contributed by atoms with Gasteiger partial charge < -0.3 is 0 Å². The van der Waals surface area contributed by atoms with Crippen molar-refractivity contribution in [2.75, 3.05) is 0 Å². The van der Waals surface area contributed by atoms with Gasteiger partial charge in [0.15, 0.2) is 11.6 Å². The van der Waals surface area contributed by atoms with E-state index in [1.54, 1.807) is 6.07 Å². The van der Waals surface area contributed by atoms with Crippen molar-refractivity contribution in [3.63, 3.8) is 0 Å². The predicted octanol–water partition coefficient (Wildman–Crippen LogP) is 9.85. The highest BCUT2D eigenvalue weighted by atomic mass is 19.2. The van der Waals surface area contributed by atoms with Gasteiger partial charge in [0.05, 0.1) is 0 Å². The molecule has 1 aliphatic rings. The summed E-state index contributed by atoms with van der Waals surface area (Å²) in [4.78, 5) is 0. The highest BCUT2D eigenvalue weighted by Crippen LogP contribution is 2.41. The second-order valence-electron chi connectivity index (χ2n) is 10.0. The third-order valence-corrected chi connectivity index (χ3v) is 7.84. The van der Waals surface area contributed by atoms with Crippen molar-refractivity contribution < 1.29 is 8.78 Å². The van der Waals surface area contributed by atoms with E-state index in [2.05, 4.69) is 20.8 Å². The maximum Gasteiger partial charge on any atom is 0.166 e. The normalized spacial score (nSPS) is 19.8. The van der Waals surface area contributed by atoms with Crippen molar-refractivity contribution in [1.29, 1.82) is 0 Å². The van der Waals surface area contributed by atoms with Gasteiger partial charge in [0.2, 0.25) is 0 Å². The van der Waals surface area contributed by atoms with E-state index in [-0.39, 0.29) is 5.92 Å². The van der Waals surface area contributed by atoms with Crippen LogP contribution >= 0.6 is 0 Å². The second-order valence-corrected chi connectivity index (χ2v) is 10.0. The molecule has 1 fully saturated rings. The minimum atomic E-state index is -0.699. The number of unbranched alkanes of at least 4 members (excludes halogenated alkanes) is 5. The highest BCUT2D eigenvalue weighted by Gasteiger charge is 2.28. The van der Waals surface area contributed by atoms with E-state index in [1.165, 1.54) is 63.4 Å². The maximum absolute atomic E-state index is 15.1. The Morgan fingerprint density at radius 3 is 2.09 bits per heavy atom. The Balaban J connectivity index is 1.55. The summed E-state index contributed by atoms with van der Waals surface area (Å²) < 4.78 is 30.1. The van der Waals surface area contributed by atoms with Gasteiger partial charge in [-0.1, -0.05) is 115 Å². The van der Waals surface area contributed by atoms with Crippen LogP contribution in [0.3, 0.4) is 0 Å². The standard InChI is InChI=1S/C30H42F2/c1-4-6-7-8-9-10-11-24-14-16-25(17-15-24)22(3)27-20-21-28(30(32)29(27)31)26-18-12-23(5-2)13-19-26/h12-13,18-22,24-25H,4-11,14-17H2,1-3H3. The van der Waals surface area contributed by atoms with E-state index < -0.39 is 11.6 Å². The number of hydrogen-bond acceptors (Lipinski definition) is 0. The molecule has 0 heterocycles. The molecule has 1 atom stereocenters. The summed E-state index contributed by atoms with van der Waals surface area (Å²) in [5.41, 5.74) is 2.86. The molecular formula is C30H42F2. The molecule has 1 saturated carbocycles. The fourth-order valence-corrected chi connectivity index (χ4v) is 5.50. The minimum absolute atomic E-state index is 0.0658. The molecule has 2 aromatic carbocycles. The van der Waals surface area contributed by atoms with Gasteiger partial charge in [-0.05, 0) is 53.7 Å². The molecule has 3 rings (SSSR count). The molecule has 2 heteroatoms. The number of halogens is 2. The second kappa shape index (κ2) is 12.5. The molecule has 32 heavy (non-hydrogen) atoms. The number of aryl methyl sites for hydroxylation is 1. The third-order valence-electron chi connectivity index (χ3n) is 7.84. The highest BCUT2D eigenvalue weighted by molar-refractivity contribution is 5.65. The summed E-state index contributed by atoms with van der Waals surface area (Å²) in [5.74, 6) is 0.00853. The molecule has 2 aromatic rings. The van der Waals surface area contributed by atoms with E-state index in [0.717, 1.165) is 30.7 Å². The van der Waals surface area contributed by atoms with Gasteiger partial charge in [-0.2, -0.15) is 0 Å². The van der Waals surface area contributed by atoms with Crippen LogP contribution in [0, 0.1) is 23.5 Å². The number of hydrogen-bond donors (Lipinski definition) is 0. The lowest BCUT2D eigenvalue weighted by Gasteiger charge is -2.33. The zero-order valence-corrected chi connectivity index (χ0v) is 20.4. The zero-order chi connectivity index (χ0) is 22.9. The molecule has 0 N–H and O–H groups in total. The van der Waals surface area contributed by atoms with E-state index in [0.29, 0.717) is 17.0 Å². The SMILES string of the molecule is CCCCCCCCC1CCC(C(C)c2ccc(-c3ccc(CC)cc3)c(F)c2F)CC1. The van der Waals surface area contributed by atoms with Crippen LogP contribution in [0.4, 0.5) is 8.78 Å². The molecule has 0 radical (unpaired) electrons. The summed E-state index contributed by atoms with van der Waals surface area (Å²) in [5, 5.41) is 0. The number of rotatable bonds is 11. The van der Waals surface area contributed by atoms with Crippen molar-refractivity contribution in [1.82, 2.24) is 0 Å². The summed E-state index contributed by atoms with van der Waals surface area (Å²) >= 11 is 0. The van der Waals surface area contributed by atoms with Crippen LogP contribution in [0.25, 0.3) is 11.1 Å². The smallest absolute Gasteiger partial charge is 0.166 e. The predicted molar refractivity (Wildman–Crippen MR) is 133 cm³/mol. The Hall–Kier alpha value is -1.70. The lowest BCUT2D eigenvalue weighted by Crippen LogP contribution is -2.20. The topological polar surface area (TPSA) is 0 Å². The Bertz CT molecular complexity index is 815. The van der Waals surface area contributed by atoms with Crippen molar-refractivity contribution >= 4 is 0 Å². The van der Waals surface area contributed by atoms with E-state index in [9.17, 15) is 4.39 Å².